The van der Waals surface area contributed by atoms with Crippen LogP contribution in [0.4, 0.5) is 8.78 Å². The van der Waals surface area contributed by atoms with Crippen LogP contribution >= 0.6 is 0 Å². The first kappa shape index (κ1) is 9.92. The summed E-state index contributed by atoms with van der Waals surface area (Å²) in [7, 11) is -1.07. The maximum Gasteiger partial charge on any atom is 0.498 e. The van der Waals surface area contributed by atoms with Gasteiger partial charge in [-0.05, 0) is 27.7 Å². The average Bonchev–Trinajstić information content (AvgIpc) is 2.78. The van der Waals surface area contributed by atoms with Crippen LogP contribution in [-0.4, -0.2) is 28.1 Å². The Balaban J connectivity index is 2.43. The van der Waals surface area contributed by atoms with E-state index < -0.39 is 37.4 Å². The Hall–Kier alpha value is -0.945. The van der Waals surface area contributed by atoms with E-state index in [1.54, 1.807) is 27.7 Å². The summed E-state index contributed by atoms with van der Waals surface area (Å²) in [6, 6.07) is 0. The fourth-order valence-electron chi connectivity index (χ4n) is 1.72. The van der Waals surface area contributed by atoms with Crippen molar-refractivity contribution in [1.29, 1.82) is 0 Å². The largest absolute Gasteiger partial charge is 0.498 e. The molecular weight excluding hydrogens is 241 g/mol. The van der Waals surface area contributed by atoms with Gasteiger partial charge in [0.1, 0.15) is 5.69 Å². The Kier molecular flexibility index (Phi) is 2.22. The zero-order chi connectivity index (χ0) is 16.2. The Morgan fingerprint density at radius 3 is 2.33 bits per heavy atom. The number of alkyl halides is 2. The van der Waals surface area contributed by atoms with Crippen molar-refractivity contribution in [2.45, 2.75) is 45.3 Å². The van der Waals surface area contributed by atoms with Gasteiger partial charge in [-0.2, -0.15) is 5.10 Å². The molecule has 0 N–H and O–H groups in total. The molecule has 0 amide bonds. The maximum atomic E-state index is 13.1. The Labute approximate surface area is 110 Å². The van der Waals surface area contributed by atoms with Crippen LogP contribution in [0.25, 0.3) is 0 Å². The van der Waals surface area contributed by atoms with Gasteiger partial charge >= 0.3 is 7.12 Å². The second-order valence-corrected chi connectivity index (χ2v) is 5.30. The molecule has 1 fully saturated rings. The zero-order valence-corrected chi connectivity index (χ0v) is 10.7. The molecule has 0 saturated carbocycles. The van der Waals surface area contributed by atoms with E-state index in [9.17, 15) is 8.78 Å². The van der Waals surface area contributed by atoms with Crippen LogP contribution in [0.3, 0.4) is 0 Å². The fourth-order valence-corrected chi connectivity index (χ4v) is 1.72. The minimum atomic E-state index is -2.91. The molecule has 7 heteroatoms. The molecule has 1 aromatic rings. The lowest BCUT2D eigenvalue weighted by atomic mass is 9.79. The number of hydrogen-bond acceptors (Lipinski definition) is 3. The highest BCUT2D eigenvalue weighted by molar-refractivity contribution is 6.62. The van der Waals surface area contributed by atoms with Gasteiger partial charge in [-0.3, -0.25) is 4.68 Å². The first-order valence-electron chi connectivity index (χ1n) is 7.09. The third-order valence-electron chi connectivity index (χ3n) is 3.49. The highest BCUT2D eigenvalue weighted by Gasteiger charge is 2.53. The first-order valence-corrected chi connectivity index (χ1v) is 5.59. The molecule has 0 bridgehead atoms. The number of halogens is 2. The minimum absolute atomic E-state index is 0.0558. The Morgan fingerprint density at radius 1 is 1.33 bits per heavy atom. The standard InChI is InChI=1S/C11H17BF2N2O2/c1-10(2)11(3,4)18-12(17-10)7-6-16(5)15-8(7)9(13)14/h6,9H,1-5H3/i5D3. The lowest BCUT2D eigenvalue weighted by Gasteiger charge is -2.32. The molecule has 0 aromatic carbocycles. The van der Waals surface area contributed by atoms with Crippen LogP contribution < -0.4 is 5.46 Å². The lowest BCUT2D eigenvalue weighted by Crippen LogP contribution is -2.41. The highest BCUT2D eigenvalue weighted by atomic mass is 19.3. The van der Waals surface area contributed by atoms with E-state index in [4.69, 9.17) is 13.4 Å². The SMILES string of the molecule is [2H]C([2H])([2H])n1cc(B2OC(C)(C)C(C)(C)O2)c(C(F)F)n1. The molecule has 4 nitrogen and oxygen atoms in total. The number of aryl methyl sites for hydroxylation is 1. The van der Waals surface area contributed by atoms with Crippen molar-refractivity contribution >= 4 is 12.6 Å². The van der Waals surface area contributed by atoms with Gasteiger partial charge < -0.3 is 9.31 Å². The summed E-state index contributed by atoms with van der Waals surface area (Å²) >= 11 is 0. The molecule has 1 aliphatic rings. The quantitative estimate of drug-likeness (QED) is 0.759. The van der Waals surface area contributed by atoms with E-state index in [1.807, 2.05) is 0 Å². The van der Waals surface area contributed by atoms with Gasteiger partial charge in [0.25, 0.3) is 6.43 Å². The summed E-state index contributed by atoms with van der Waals surface area (Å²) in [4.78, 5) is 0. The molecule has 2 rings (SSSR count). The van der Waals surface area contributed by atoms with E-state index in [2.05, 4.69) is 5.10 Å². The summed E-state index contributed by atoms with van der Waals surface area (Å²) in [6.45, 7) is 4.49. The molecule has 100 valence electrons. The van der Waals surface area contributed by atoms with Gasteiger partial charge in [-0.25, -0.2) is 8.78 Å². The van der Waals surface area contributed by atoms with Crippen molar-refractivity contribution in [2.75, 3.05) is 0 Å². The third-order valence-corrected chi connectivity index (χ3v) is 3.49. The normalized spacial score (nSPS) is 25.1. The minimum Gasteiger partial charge on any atom is -0.399 e. The number of rotatable bonds is 2. The van der Waals surface area contributed by atoms with E-state index >= 15 is 0 Å². The first-order chi connectivity index (χ1) is 9.35. The lowest BCUT2D eigenvalue weighted by molar-refractivity contribution is 0.00578. The van der Waals surface area contributed by atoms with Gasteiger partial charge in [0, 0.05) is 22.7 Å². The second-order valence-electron chi connectivity index (χ2n) is 5.30. The predicted octanol–water partition coefficient (Wildman–Crippen LogP) is 1.66. The summed E-state index contributed by atoms with van der Waals surface area (Å²) in [5.41, 5.74) is -2.11. The van der Waals surface area contributed by atoms with Crippen molar-refractivity contribution in [3.8, 4) is 0 Å². The molecule has 0 radical (unpaired) electrons. The summed E-state index contributed by atoms with van der Waals surface area (Å²) in [5.74, 6) is 0. The Bertz CT molecular complexity index is 530. The Morgan fingerprint density at radius 2 is 1.89 bits per heavy atom. The van der Waals surface area contributed by atoms with Crippen LogP contribution in [0, 0.1) is 0 Å². The molecule has 0 aliphatic carbocycles. The van der Waals surface area contributed by atoms with Crippen molar-refractivity contribution in [1.82, 2.24) is 9.78 Å². The van der Waals surface area contributed by atoms with Crippen molar-refractivity contribution in [2.24, 2.45) is 6.98 Å². The van der Waals surface area contributed by atoms with Gasteiger partial charge in [0.05, 0.1) is 11.2 Å². The number of hydrogen-bond donors (Lipinski definition) is 0. The molecule has 2 heterocycles. The number of nitrogens with zero attached hydrogens (tertiary/aromatic N) is 2. The van der Waals surface area contributed by atoms with Crippen LogP contribution in [0.2, 0.25) is 0 Å². The van der Waals surface area contributed by atoms with E-state index in [-0.39, 0.29) is 5.46 Å². The maximum absolute atomic E-state index is 13.1. The van der Waals surface area contributed by atoms with Crippen molar-refractivity contribution in [3.05, 3.63) is 11.9 Å². The molecule has 0 atom stereocenters. The van der Waals surface area contributed by atoms with Gasteiger partial charge in [0.15, 0.2) is 0 Å². The van der Waals surface area contributed by atoms with E-state index in [1.165, 1.54) is 0 Å². The second kappa shape index (κ2) is 4.03. The van der Waals surface area contributed by atoms with Gasteiger partial charge in [0.2, 0.25) is 0 Å². The van der Waals surface area contributed by atoms with Gasteiger partial charge in [-0.1, -0.05) is 0 Å². The summed E-state index contributed by atoms with van der Waals surface area (Å²) in [6.07, 6.45) is -1.88. The highest BCUT2D eigenvalue weighted by Crippen LogP contribution is 2.37. The van der Waals surface area contributed by atoms with Crippen molar-refractivity contribution < 1.29 is 22.2 Å². The predicted molar refractivity (Wildman–Crippen MR) is 63.9 cm³/mol. The van der Waals surface area contributed by atoms with Crippen LogP contribution in [0.1, 0.15) is 43.9 Å². The van der Waals surface area contributed by atoms with Gasteiger partial charge in [-0.15, -0.1) is 0 Å². The molecule has 18 heavy (non-hydrogen) atoms. The molecule has 1 aliphatic heterocycles. The monoisotopic (exact) mass is 261 g/mol. The molecule has 0 unspecified atom stereocenters. The van der Waals surface area contributed by atoms with E-state index in [0.29, 0.717) is 4.68 Å². The van der Waals surface area contributed by atoms with Crippen LogP contribution in [0.5, 0.6) is 0 Å². The third kappa shape index (κ3) is 2.05. The topological polar surface area (TPSA) is 36.3 Å². The van der Waals surface area contributed by atoms with Crippen molar-refractivity contribution in [3.63, 3.8) is 0 Å². The number of aromatic nitrogens is 2. The van der Waals surface area contributed by atoms with Crippen LogP contribution in [-0.2, 0) is 16.3 Å². The van der Waals surface area contributed by atoms with E-state index in [0.717, 1.165) is 6.20 Å². The molecule has 1 aromatic heterocycles. The van der Waals surface area contributed by atoms with Crippen LogP contribution in [0.15, 0.2) is 6.20 Å². The molecule has 0 spiro atoms. The summed E-state index contributed by atoms with van der Waals surface area (Å²) < 4.78 is 59.9. The average molecular weight is 261 g/mol. The molecular formula is C11H17BF2N2O2. The summed E-state index contributed by atoms with van der Waals surface area (Å²) in [5, 5.41) is 3.47. The smallest absolute Gasteiger partial charge is 0.399 e. The fraction of sp³-hybridized carbons (Fsp3) is 0.727. The zero-order valence-electron chi connectivity index (χ0n) is 13.7. The molecule has 1 saturated heterocycles.